The Bertz CT molecular complexity index is 378. The molecule has 0 bridgehead atoms. The van der Waals surface area contributed by atoms with Crippen molar-refractivity contribution < 1.29 is 19.2 Å². The lowest BCUT2D eigenvalue weighted by Crippen LogP contribution is -2.22. The summed E-state index contributed by atoms with van der Waals surface area (Å²) in [4.78, 5) is 45.5. The van der Waals surface area contributed by atoms with Gasteiger partial charge < -0.3 is 0 Å². The third-order valence-electron chi connectivity index (χ3n) is 4.83. The molecule has 122 valence electrons. The number of unbranched alkanes of at least 4 members (excludes halogenated alkanes) is 3. The number of hydrogen-bond acceptors (Lipinski definition) is 4. The molecule has 0 heterocycles. The Balaban J connectivity index is 1.52. The van der Waals surface area contributed by atoms with Gasteiger partial charge in [-0.2, -0.15) is 0 Å². The molecule has 0 aliphatic heterocycles. The van der Waals surface area contributed by atoms with E-state index in [0.29, 0.717) is 25.7 Å². The van der Waals surface area contributed by atoms with Crippen LogP contribution >= 0.6 is 0 Å². The van der Waals surface area contributed by atoms with Gasteiger partial charge in [0.1, 0.15) is 23.1 Å². The Labute approximate surface area is 132 Å². The summed E-state index contributed by atoms with van der Waals surface area (Å²) in [6.45, 7) is 0. The van der Waals surface area contributed by atoms with Gasteiger partial charge in [-0.1, -0.05) is 25.7 Å². The van der Waals surface area contributed by atoms with Crippen molar-refractivity contribution in [2.75, 3.05) is 0 Å². The summed E-state index contributed by atoms with van der Waals surface area (Å²) in [6.07, 6.45) is 8.90. The lowest BCUT2D eigenvalue weighted by molar-refractivity contribution is -0.133. The largest absolute Gasteiger partial charge is 0.299 e. The number of carbonyl (C=O) groups is 4. The average Bonchev–Trinajstić information content (AvgIpc) is 2.40. The Morgan fingerprint density at radius 2 is 0.864 bits per heavy atom. The van der Waals surface area contributed by atoms with Crippen molar-refractivity contribution in [2.45, 2.75) is 77.0 Å². The number of hydrogen-bond donors (Lipinski definition) is 0. The van der Waals surface area contributed by atoms with E-state index < -0.39 is 0 Å². The van der Waals surface area contributed by atoms with Crippen LogP contribution in [0.5, 0.6) is 0 Å². The maximum absolute atomic E-state index is 11.4. The second-order valence-electron chi connectivity index (χ2n) is 7.05. The van der Waals surface area contributed by atoms with Gasteiger partial charge in [0.25, 0.3) is 0 Å². The Morgan fingerprint density at radius 1 is 0.545 bits per heavy atom. The van der Waals surface area contributed by atoms with Gasteiger partial charge >= 0.3 is 0 Å². The molecule has 2 fully saturated rings. The zero-order valence-corrected chi connectivity index (χ0v) is 13.3. The number of Topliss-reactive ketones (excluding diaryl/α,β-unsaturated/α-hetero) is 4. The molecule has 0 aromatic carbocycles. The van der Waals surface area contributed by atoms with Crippen molar-refractivity contribution in [2.24, 2.45) is 11.8 Å². The molecule has 0 spiro atoms. The number of carbonyl (C=O) groups excluding carboxylic acids is 4. The summed E-state index contributed by atoms with van der Waals surface area (Å²) in [5.41, 5.74) is 0. The highest BCUT2D eigenvalue weighted by molar-refractivity contribution is 6.02. The standard InChI is InChI=1S/C18H26O4/c19-15-7-13(8-16(20)11-15)5-3-1-2-4-6-14-9-17(21)12-18(22)10-14/h13-14H,1-12H2. The van der Waals surface area contributed by atoms with Crippen LogP contribution in [-0.4, -0.2) is 23.1 Å². The van der Waals surface area contributed by atoms with E-state index >= 15 is 0 Å². The van der Waals surface area contributed by atoms with E-state index in [1.54, 1.807) is 0 Å². The summed E-state index contributed by atoms with van der Waals surface area (Å²) in [5.74, 6) is 0.950. The molecule has 0 radical (unpaired) electrons. The summed E-state index contributed by atoms with van der Waals surface area (Å²) >= 11 is 0. The van der Waals surface area contributed by atoms with Crippen LogP contribution in [0.1, 0.15) is 77.0 Å². The van der Waals surface area contributed by atoms with E-state index in [4.69, 9.17) is 0 Å². The fourth-order valence-electron chi connectivity index (χ4n) is 3.79. The fraction of sp³-hybridized carbons (Fsp3) is 0.778. The second-order valence-corrected chi connectivity index (χ2v) is 7.05. The average molecular weight is 306 g/mol. The first-order chi connectivity index (χ1) is 10.5. The molecule has 4 nitrogen and oxygen atoms in total. The Hall–Kier alpha value is -1.32. The third kappa shape index (κ3) is 5.82. The first kappa shape index (κ1) is 17.0. The van der Waals surface area contributed by atoms with Gasteiger partial charge in [0, 0.05) is 25.7 Å². The van der Waals surface area contributed by atoms with E-state index in [2.05, 4.69) is 0 Å². The quantitative estimate of drug-likeness (QED) is 0.535. The normalized spacial score (nSPS) is 21.6. The topological polar surface area (TPSA) is 68.3 Å². The lowest BCUT2D eigenvalue weighted by atomic mass is 9.83. The molecule has 0 N–H and O–H groups in total. The molecular formula is C18H26O4. The maximum Gasteiger partial charge on any atom is 0.140 e. The molecule has 0 amide bonds. The predicted octanol–water partition coefficient (Wildman–Crippen LogP) is 3.20. The van der Waals surface area contributed by atoms with E-state index in [9.17, 15) is 19.2 Å². The first-order valence-corrected chi connectivity index (χ1v) is 8.59. The summed E-state index contributed by atoms with van der Waals surface area (Å²) in [6, 6.07) is 0. The van der Waals surface area contributed by atoms with Crippen LogP contribution in [0.25, 0.3) is 0 Å². The minimum absolute atomic E-state index is 0.105. The molecule has 0 unspecified atom stereocenters. The maximum atomic E-state index is 11.4. The second kappa shape index (κ2) is 8.35. The van der Waals surface area contributed by atoms with Gasteiger partial charge in [-0.25, -0.2) is 0 Å². The smallest absolute Gasteiger partial charge is 0.140 e. The molecule has 2 aliphatic rings. The molecule has 0 saturated heterocycles. The highest BCUT2D eigenvalue weighted by Gasteiger charge is 2.25. The summed E-state index contributed by atoms with van der Waals surface area (Å²) in [7, 11) is 0. The van der Waals surface area contributed by atoms with Crippen molar-refractivity contribution in [1.29, 1.82) is 0 Å². The number of rotatable bonds is 7. The van der Waals surface area contributed by atoms with Crippen LogP contribution in [-0.2, 0) is 19.2 Å². The van der Waals surface area contributed by atoms with Crippen LogP contribution in [0.15, 0.2) is 0 Å². The van der Waals surface area contributed by atoms with Crippen molar-refractivity contribution in [1.82, 2.24) is 0 Å². The highest BCUT2D eigenvalue weighted by Crippen LogP contribution is 2.26. The lowest BCUT2D eigenvalue weighted by Gasteiger charge is -2.20. The summed E-state index contributed by atoms with van der Waals surface area (Å²) < 4.78 is 0. The van der Waals surface area contributed by atoms with Crippen LogP contribution in [0.3, 0.4) is 0 Å². The Morgan fingerprint density at radius 3 is 1.18 bits per heavy atom. The van der Waals surface area contributed by atoms with E-state index in [0.717, 1.165) is 38.5 Å². The van der Waals surface area contributed by atoms with Gasteiger partial charge in [-0.3, -0.25) is 19.2 Å². The van der Waals surface area contributed by atoms with Crippen molar-refractivity contribution in [3.63, 3.8) is 0 Å². The van der Waals surface area contributed by atoms with Crippen molar-refractivity contribution in [3.8, 4) is 0 Å². The SMILES string of the molecule is O=C1CC(=O)CC(CCCCCCC2CC(=O)CC(=O)C2)C1. The zero-order chi connectivity index (χ0) is 15.9. The molecule has 0 aromatic heterocycles. The van der Waals surface area contributed by atoms with Gasteiger partial charge in [0.05, 0.1) is 12.8 Å². The minimum atomic E-state index is 0.105. The molecule has 22 heavy (non-hydrogen) atoms. The molecule has 4 heteroatoms. The van der Waals surface area contributed by atoms with Crippen molar-refractivity contribution >= 4 is 23.1 Å². The monoisotopic (exact) mass is 306 g/mol. The molecule has 2 rings (SSSR count). The van der Waals surface area contributed by atoms with Crippen molar-refractivity contribution in [3.05, 3.63) is 0 Å². The molecule has 0 atom stereocenters. The molecule has 2 aliphatic carbocycles. The van der Waals surface area contributed by atoms with E-state index in [1.165, 1.54) is 0 Å². The summed E-state index contributed by atoms with van der Waals surface area (Å²) in [5, 5.41) is 0. The predicted molar refractivity (Wildman–Crippen MR) is 82.4 cm³/mol. The first-order valence-electron chi connectivity index (χ1n) is 8.59. The molecule has 2 saturated carbocycles. The van der Waals surface area contributed by atoms with E-state index in [1.807, 2.05) is 0 Å². The van der Waals surface area contributed by atoms with Gasteiger partial charge in [0.2, 0.25) is 0 Å². The van der Waals surface area contributed by atoms with Crippen LogP contribution < -0.4 is 0 Å². The number of ketones is 4. The fourth-order valence-corrected chi connectivity index (χ4v) is 3.79. The van der Waals surface area contributed by atoms with Gasteiger partial charge in [-0.15, -0.1) is 0 Å². The molecule has 0 aromatic rings. The van der Waals surface area contributed by atoms with Crippen LogP contribution in [0, 0.1) is 11.8 Å². The third-order valence-corrected chi connectivity index (χ3v) is 4.83. The van der Waals surface area contributed by atoms with Gasteiger partial charge in [-0.05, 0) is 24.7 Å². The van der Waals surface area contributed by atoms with Crippen LogP contribution in [0.4, 0.5) is 0 Å². The van der Waals surface area contributed by atoms with E-state index in [-0.39, 0.29) is 47.8 Å². The Kier molecular flexibility index (Phi) is 6.47. The highest BCUT2D eigenvalue weighted by atomic mass is 16.2. The van der Waals surface area contributed by atoms with Gasteiger partial charge in [0.15, 0.2) is 0 Å². The zero-order valence-electron chi connectivity index (χ0n) is 13.3. The molecular weight excluding hydrogens is 280 g/mol. The minimum Gasteiger partial charge on any atom is -0.299 e. The van der Waals surface area contributed by atoms with Crippen LogP contribution in [0.2, 0.25) is 0 Å².